The van der Waals surface area contributed by atoms with Crippen LogP contribution in [0.15, 0.2) is 54.6 Å². The van der Waals surface area contributed by atoms with Crippen LogP contribution < -0.4 is 5.32 Å². The number of carbonyl (C=O) groups excluding carboxylic acids is 1. The van der Waals surface area contributed by atoms with Crippen LogP contribution in [-0.2, 0) is 0 Å². The third kappa shape index (κ3) is 3.59. The number of H-pyrrole nitrogens is 1. The zero-order valence-corrected chi connectivity index (χ0v) is 16.2. The first-order valence-electron chi connectivity index (χ1n) is 9.56. The zero-order chi connectivity index (χ0) is 20.5. The number of rotatable bonds is 5. The number of aromatic nitrogens is 2. The van der Waals surface area contributed by atoms with E-state index in [1.54, 1.807) is 6.07 Å². The maximum atomic E-state index is 14.7. The molecule has 1 aromatic heterocycles. The van der Waals surface area contributed by atoms with Crippen LogP contribution in [0, 0.1) is 11.7 Å². The normalized spacial score (nSPS) is 12.6. The van der Waals surface area contributed by atoms with Gasteiger partial charge in [0, 0.05) is 16.5 Å². The Kier molecular flexibility index (Phi) is 5.03. The van der Waals surface area contributed by atoms with Crippen molar-refractivity contribution < 1.29 is 14.3 Å². The van der Waals surface area contributed by atoms with E-state index in [-0.39, 0.29) is 23.6 Å². The van der Waals surface area contributed by atoms with E-state index in [1.165, 1.54) is 6.07 Å². The average Bonchev–Trinajstić information content (AvgIpc) is 3.15. The van der Waals surface area contributed by atoms with Gasteiger partial charge in [-0.15, -0.1) is 0 Å². The smallest absolute Gasteiger partial charge is 0.251 e. The molecule has 6 heteroatoms. The second kappa shape index (κ2) is 7.64. The molecule has 4 rings (SSSR count). The van der Waals surface area contributed by atoms with Crippen molar-refractivity contribution in [3.05, 3.63) is 66.0 Å². The molecule has 0 saturated heterocycles. The van der Waals surface area contributed by atoms with Crippen molar-refractivity contribution in [2.24, 2.45) is 5.92 Å². The molecule has 0 radical (unpaired) electrons. The van der Waals surface area contributed by atoms with Gasteiger partial charge < -0.3 is 10.4 Å². The molecule has 1 unspecified atom stereocenters. The lowest BCUT2D eigenvalue weighted by Gasteiger charge is -2.19. The van der Waals surface area contributed by atoms with E-state index in [2.05, 4.69) is 15.5 Å². The highest BCUT2D eigenvalue weighted by Crippen LogP contribution is 2.31. The van der Waals surface area contributed by atoms with Gasteiger partial charge in [-0.25, -0.2) is 4.39 Å². The summed E-state index contributed by atoms with van der Waals surface area (Å²) in [4.78, 5) is 12.6. The minimum atomic E-state index is -0.568. The number of nitrogens with zero attached hydrogens (tertiary/aromatic N) is 1. The molecule has 0 aliphatic carbocycles. The quantitative estimate of drug-likeness (QED) is 0.475. The van der Waals surface area contributed by atoms with Crippen LogP contribution in [0.1, 0.15) is 24.2 Å². The fraction of sp³-hybridized carbons (Fsp3) is 0.217. The second-order valence-electron chi connectivity index (χ2n) is 7.52. The van der Waals surface area contributed by atoms with E-state index in [4.69, 9.17) is 0 Å². The summed E-state index contributed by atoms with van der Waals surface area (Å²) in [5.74, 6) is -0.940. The van der Waals surface area contributed by atoms with Gasteiger partial charge in [-0.05, 0) is 34.9 Å². The summed E-state index contributed by atoms with van der Waals surface area (Å²) in [5, 5.41) is 21.9. The van der Waals surface area contributed by atoms with Crippen molar-refractivity contribution in [3.8, 4) is 11.3 Å². The Morgan fingerprint density at radius 2 is 1.90 bits per heavy atom. The number of nitrogens with one attached hydrogen (secondary N) is 2. The van der Waals surface area contributed by atoms with Gasteiger partial charge in [-0.2, -0.15) is 5.10 Å². The van der Waals surface area contributed by atoms with Crippen molar-refractivity contribution in [2.45, 2.75) is 19.9 Å². The number of hydrogen-bond donors (Lipinski definition) is 3. The molecule has 0 bridgehead atoms. The first kappa shape index (κ1) is 19.1. The molecule has 1 atom stereocenters. The number of carbonyl (C=O) groups is 1. The van der Waals surface area contributed by atoms with Gasteiger partial charge in [-0.3, -0.25) is 9.89 Å². The Bertz CT molecular complexity index is 1200. The van der Waals surface area contributed by atoms with Gasteiger partial charge in [0.2, 0.25) is 0 Å². The van der Waals surface area contributed by atoms with Gasteiger partial charge >= 0.3 is 0 Å². The van der Waals surface area contributed by atoms with Gasteiger partial charge in [0.15, 0.2) is 5.82 Å². The number of aliphatic hydroxyl groups excluding tert-OH is 1. The molecule has 3 aromatic carbocycles. The maximum absolute atomic E-state index is 14.7. The number of benzene rings is 3. The van der Waals surface area contributed by atoms with E-state index in [0.29, 0.717) is 11.1 Å². The molecule has 0 aliphatic heterocycles. The lowest BCUT2D eigenvalue weighted by atomic mass is 10.0. The number of fused-ring (bicyclic) bond motifs is 2. The van der Waals surface area contributed by atoms with E-state index < -0.39 is 17.8 Å². The summed E-state index contributed by atoms with van der Waals surface area (Å²) in [6.07, 6.45) is 0. The topological polar surface area (TPSA) is 78.0 Å². The van der Waals surface area contributed by atoms with Crippen molar-refractivity contribution in [1.82, 2.24) is 15.5 Å². The molecule has 0 fully saturated rings. The van der Waals surface area contributed by atoms with Gasteiger partial charge in [0.25, 0.3) is 5.91 Å². The van der Waals surface area contributed by atoms with E-state index in [0.717, 1.165) is 16.3 Å². The Morgan fingerprint density at radius 1 is 1.14 bits per heavy atom. The monoisotopic (exact) mass is 391 g/mol. The number of aromatic amines is 1. The van der Waals surface area contributed by atoms with Crippen LogP contribution in [-0.4, -0.2) is 33.9 Å². The summed E-state index contributed by atoms with van der Waals surface area (Å²) < 4.78 is 14.7. The highest BCUT2D eigenvalue weighted by molar-refractivity contribution is 6.02. The molecule has 29 heavy (non-hydrogen) atoms. The highest BCUT2D eigenvalue weighted by Gasteiger charge is 2.20. The summed E-state index contributed by atoms with van der Waals surface area (Å²) in [6.45, 7) is 3.62. The van der Waals surface area contributed by atoms with E-state index in [1.807, 2.05) is 56.3 Å². The zero-order valence-electron chi connectivity index (χ0n) is 16.2. The third-order valence-electron chi connectivity index (χ3n) is 5.23. The number of hydrogen-bond acceptors (Lipinski definition) is 3. The molecule has 0 aliphatic rings. The summed E-state index contributed by atoms with van der Waals surface area (Å²) >= 11 is 0. The highest BCUT2D eigenvalue weighted by atomic mass is 19.1. The molecule has 5 nitrogen and oxygen atoms in total. The van der Waals surface area contributed by atoms with Gasteiger partial charge in [0.05, 0.1) is 18.3 Å². The van der Waals surface area contributed by atoms with Crippen molar-refractivity contribution in [3.63, 3.8) is 0 Å². The Hall–Kier alpha value is -3.25. The van der Waals surface area contributed by atoms with Crippen molar-refractivity contribution >= 4 is 27.6 Å². The Balaban J connectivity index is 1.77. The maximum Gasteiger partial charge on any atom is 0.251 e. The van der Waals surface area contributed by atoms with Crippen LogP contribution in [0.5, 0.6) is 0 Å². The van der Waals surface area contributed by atoms with E-state index >= 15 is 0 Å². The molecular weight excluding hydrogens is 369 g/mol. The van der Waals surface area contributed by atoms with Crippen LogP contribution >= 0.6 is 0 Å². The van der Waals surface area contributed by atoms with Crippen molar-refractivity contribution in [2.75, 3.05) is 6.61 Å². The molecule has 4 aromatic rings. The Labute approximate surface area is 167 Å². The largest absolute Gasteiger partial charge is 0.394 e. The molecular formula is C23H22FN3O2. The number of aliphatic hydroxyl groups is 1. The van der Waals surface area contributed by atoms with Crippen LogP contribution in [0.2, 0.25) is 0 Å². The first-order valence-corrected chi connectivity index (χ1v) is 9.56. The minimum absolute atomic E-state index is 0.0552. The fourth-order valence-corrected chi connectivity index (χ4v) is 3.45. The molecule has 1 amide bonds. The van der Waals surface area contributed by atoms with E-state index in [9.17, 15) is 14.3 Å². The van der Waals surface area contributed by atoms with Gasteiger partial charge in [-0.1, -0.05) is 50.2 Å². The fourth-order valence-electron chi connectivity index (χ4n) is 3.45. The molecule has 3 N–H and O–H groups in total. The third-order valence-corrected chi connectivity index (χ3v) is 5.23. The SMILES string of the molecule is CC(C)C(CO)NC(=O)c1cc(F)c2n[nH]c(-c3ccc4ccccc4c3)c2c1. The van der Waals surface area contributed by atoms with Crippen LogP contribution in [0.25, 0.3) is 32.9 Å². The van der Waals surface area contributed by atoms with Gasteiger partial charge in [0.1, 0.15) is 5.52 Å². The lowest BCUT2D eigenvalue weighted by molar-refractivity contribution is 0.0896. The predicted molar refractivity (Wildman–Crippen MR) is 112 cm³/mol. The molecule has 0 saturated carbocycles. The second-order valence-corrected chi connectivity index (χ2v) is 7.52. The Morgan fingerprint density at radius 3 is 2.62 bits per heavy atom. The minimum Gasteiger partial charge on any atom is -0.394 e. The predicted octanol–water partition coefficient (Wildman–Crippen LogP) is 4.27. The average molecular weight is 391 g/mol. The molecule has 0 spiro atoms. The number of halogens is 1. The summed E-state index contributed by atoms with van der Waals surface area (Å²) in [6, 6.07) is 16.3. The molecule has 148 valence electrons. The van der Waals surface area contributed by atoms with Crippen LogP contribution in [0.3, 0.4) is 0 Å². The number of amides is 1. The molecule has 1 heterocycles. The van der Waals surface area contributed by atoms with Crippen LogP contribution in [0.4, 0.5) is 4.39 Å². The first-order chi connectivity index (χ1) is 14.0. The van der Waals surface area contributed by atoms with Crippen molar-refractivity contribution in [1.29, 1.82) is 0 Å². The standard InChI is InChI=1S/C23H22FN3O2/c1-13(2)20(12-28)25-23(29)17-10-18-21(26-27-22(18)19(24)11-17)16-8-7-14-5-3-4-6-15(14)9-16/h3-11,13,20,28H,12H2,1-2H3,(H,25,29)(H,26,27). The summed E-state index contributed by atoms with van der Waals surface area (Å²) in [5.41, 5.74) is 1.89. The lowest BCUT2D eigenvalue weighted by Crippen LogP contribution is -2.41. The summed E-state index contributed by atoms with van der Waals surface area (Å²) in [7, 11) is 0.